The molecule has 3 heterocycles. The molecular formula is C21H31N5O. The predicted octanol–water partition coefficient (Wildman–Crippen LogP) is 3.62. The van der Waals surface area contributed by atoms with Crippen molar-refractivity contribution < 1.29 is 4.79 Å². The molecule has 2 aliphatic rings. The summed E-state index contributed by atoms with van der Waals surface area (Å²) in [7, 11) is 0. The molecule has 0 radical (unpaired) electrons. The lowest BCUT2D eigenvalue weighted by Gasteiger charge is -2.32. The molecule has 2 fully saturated rings. The minimum Gasteiger partial charge on any atom is -0.337 e. The number of aromatic nitrogens is 4. The van der Waals surface area contributed by atoms with Gasteiger partial charge in [0.05, 0.1) is 0 Å². The minimum absolute atomic E-state index is 0.130. The molecule has 27 heavy (non-hydrogen) atoms. The number of carbonyl (C=O) groups is 1. The Labute approximate surface area is 161 Å². The van der Waals surface area contributed by atoms with Crippen molar-refractivity contribution in [1.29, 1.82) is 0 Å². The average Bonchev–Trinajstić information content (AvgIpc) is 3.26. The van der Waals surface area contributed by atoms with E-state index >= 15 is 0 Å². The van der Waals surface area contributed by atoms with Gasteiger partial charge in [0.25, 0.3) is 5.91 Å². The lowest BCUT2D eigenvalue weighted by Crippen LogP contribution is -2.39. The summed E-state index contributed by atoms with van der Waals surface area (Å²) in [6, 6.07) is 1.84. The van der Waals surface area contributed by atoms with Gasteiger partial charge in [0.15, 0.2) is 0 Å². The Kier molecular flexibility index (Phi) is 5.32. The number of hydrogen-bond acceptors (Lipinski definition) is 3. The number of aryl methyl sites for hydroxylation is 2. The second-order valence-electron chi connectivity index (χ2n) is 8.09. The highest BCUT2D eigenvalue weighted by molar-refractivity contribution is 5.92. The Morgan fingerprint density at radius 1 is 1.22 bits per heavy atom. The van der Waals surface area contributed by atoms with E-state index in [0.29, 0.717) is 11.8 Å². The summed E-state index contributed by atoms with van der Waals surface area (Å²) in [4.78, 5) is 19.4. The molecule has 0 bridgehead atoms. The lowest BCUT2D eigenvalue weighted by molar-refractivity contribution is 0.0672. The maximum absolute atomic E-state index is 12.7. The van der Waals surface area contributed by atoms with Gasteiger partial charge in [-0.2, -0.15) is 5.10 Å². The van der Waals surface area contributed by atoms with Crippen LogP contribution in [0.5, 0.6) is 0 Å². The fourth-order valence-electron chi connectivity index (χ4n) is 4.43. The number of nitrogens with zero attached hydrogens (tertiary/aromatic N) is 5. The third-order valence-electron chi connectivity index (χ3n) is 6.45. The zero-order valence-corrected chi connectivity index (χ0v) is 16.6. The van der Waals surface area contributed by atoms with Crippen LogP contribution in [0.3, 0.4) is 0 Å². The second-order valence-corrected chi connectivity index (χ2v) is 8.09. The van der Waals surface area contributed by atoms with E-state index in [9.17, 15) is 4.79 Å². The largest absolute Gasteiger partial charge is 0.337 e. The Morgan fingerprint density at radius 2 is 2.00 bits per heavy atom. The van der Waals surface area contributed by atoms with Crippen LogP contribution >= 0.6 is 0 Å². The SMILES string of the molecule is CCn1nccc1C(=O)N1CCC(CCn2c(C)cnc2C2CCC2)CC1. The van der Waals surface area contributed by atoms with Crippen molar-refractivity contribution in [3.63, 3.8) is 0 Å². The smallest absolute Gasteiger partial charge is 0.272 e. The first-order valence-corrected chi connectivity index (χ1v) is 10.5. The Hall–Kier alpha value is -2.11. The van der Waals surface area contributed by atoms with E-state index in [4.69, 9.17) is 0 Å². The molecule has 6 nitrogen and oxygen atoms in total. The second kappa shape index (κ2) is 7.87. The summed E-state index contributed by atoms with van der Waals surface area (Å²) < 4.78 is 4.24. The zero-order valence-electron chi connectivity index (χ0n) is 16.6. The molecule has 1 aliphatic heterocycles. The Balaban J connectivity index is 1.30. The van der Waals surface area contributed by atoms with Crippen LogP contribution in [0.15, 0.2) is 18.5 Å². The van der Waals surface area contributed by atoms with Gasteiger partial charge in [0, 0.05) is 50.2 Å². The van der Waals surface area contributed by atoms with Crippen LogP contribution in [0, 0.1) is 12.8 Å². The highest BCUT2D eigenvalue weighted by atomic mass is 16.2. The van der Waals surface area contributed by atoms with Gasteiger partial charge in [-0.1, -0.05) is 6.42 Å². The molecule has 0 N–H and O–H groups in total. The van der Waals surface area contributed by atoms with Gasteiger partial charge >= 0.3 is 0 Å². The van der Waals surface area contributed by atoms with Gasteiger partial charge in [-0.05, 0) is 57.9 Å². The molecule has 4 rings (SSSR count). The monoisotopic (exact) mass is 369 g/mol. The van der Waals surface area contributed by atoms with Gasteiger partial charge in [-0.25, -0.2) is 4.98 Å². The maximum Gasteiger partial charge on any atom is 0.272 e. The first-order chi connectivity index (χ1) is 13.2. The van der Waals surface area contributed by atoms with Crippen molar-refractivity contribution in [2.45, 2.75) is 71.4 Å². The molecule has 146 valence electrons. The maximum atomic E-state index is 12.7. The standard InChI is InChI=1S/C21H31N5O/c1-3-26-19(7-11-23-26)21(27)24-12-8-17(9-13-24)10-14-25-16(2)15-22-20(25)18-5-4-6-18/h7,11,15,17-18H,3-6,8-10,12-14H2,1-2H3. The van der Waals surface area contributed by atoms with E-state index in [2.05, 4.69) is 21.6 Å². The topological polar surface area (TPSA) is 56.0 Å². The highest BCUT2D eigenvalue weighted by Crippen LogP contribution is 2.36. The molecule has 2 aromatic rings. The number of amides is 1. The molecule has 1 saturated carbocycles. The first-order valence-electron chi connectivity index (χ1n) is 10.5. The summed E-state index contributed by atoms with van der Waals surface area (Å²) in [6.07, 6.45) is 11.1. The van der Waals surface area contributed by atoms with Crippen molar-refractivity contribution in [3.8, 4) is 0 Å². The summed E-state index contributed by atoms with van der Waals surface area (Å²) >= 11 is 0. The van der Waals surface area contributed by atoms with E-state index in [1.165, 1.54) is 37.2 Å². The quantitative estimate of drug-likeness (QED) is 0.781. The highest BCUT2D eigenvalue weighted by Gasteiger charge is 2.27. The van der Waals surface area contributed by atoms with Gasteiger partial charge in [0.1, 0.15) is 11.5 Å². The van der Waals surface area contributed by atoms with Crippen molar-refractivity contribution in [2.24, 2.45) is 5.92 Å². The van der Waals surface area contributed by atoms with E-state index in [1.807, 2.05) is 24.1 Å². The number of imidazole rings is 1. The van der Waals surface area contributed by atoms with Crippen LogP contribution in [0.4, 0.5) is 0 Å². The fraction of sp³-hybridized carbons (Fsp3) is 0.667. The van der Waals surface area contributed by atoms with Crippen molar-refractivity contribution in [2.75, 3.05) is 13.1 Å². The molecule has 0 aromatic carbocycles. The summed E-state index contributed by atoms with van der Waals surface area (Å²) in [5.41, 5.74) is 2.01. The Morgan fingerprint density at radius 3 is 2.67 bits per heavy atom. The fourth-order valence-corrected chi connectivity index (χ4v) is 4.43. The van der Waals surface area contributed by atoms with Crippen LogP contribution in [0.25, 0.3) is 0 Å². The van der Waals surface area contributed by atoms with Crippen molar-refractivity contribution in [3.05, 3.63) is 35.7 Å². The Bertz CT molecular complexity index is 780. The van der Waals surface area contributed by atoms with E-state index in [-0.39, 0.29) is 5.91 Å². The summed E-state index contributed by atoms with van der Waals surface area (Å²) in [6.45, 7) is 7.71. The number of likely N-dealkylation sites (tertiary alicyclic amines) is 1. The molecule has 0 unspecified atom stereocenters. The molecule has 0 spiro atoms. The number of rotatable bonds is 6. The molecular weight excluding hydrogens is 338 g/mol. The predicted molar refractivity (Wildman–Crippen MR) is 105 cm³/mol. The van der Waals surface area contributed by atoms with Crippen LogP contribution < -0.4 is 0 Å². The minimum atomic E-state index is 0.130. The van der Waals surface area contributed by atoms with Crippen LogP contribution in [-0.2, 0) is 13.1 Å². The van der Waals surface area contributed by atoms with Gasteiger partial charge in [-0.3, -0.25) is 9.48 Å². The molecule has 0 atom stereocenters. The molecule has 2 aromatic heterocycles. The molecule has 1 saturated heterocycles. The third kappa shape index (κ3) is 3.66. The zero-order chi connectivity index (χ0) is 18.8. The van der Waals surface area contributed by atoms with Gasteiger partial charge < -0.3 is 9.47 Å². The third-order valence-corrected chi connectivity index (χ3v) is 6.45. The van der Waals surface area contributed by atoms with Crippen LogP contribution in [0.1, 0.15) is 73.4 Å². The van der Waals surface area contributed by atoms with E-state index in [0.717, 1.165) is 44.7 Å². The first kappa shape index (κ1) is 18.3. The van der Waals surface area contributed by atoms with Gasteiger partial charge in [-0.15, -0.1) is 0 Å². The van der Waals surface area contributed by atoms with Crippen molar-refractivity contribution >= 4 is 5.91 Å². The summed E-state index contributed by atoms with van der Waals surface area (Å²) in [5, 5.41) is 4.23. The van der Waals surface area contributed by atoms with Crippen LogP contribution in [-0.4, -0.2) is 43.2 Å². The number of piperidine rings is 1. The van der Waals surface area contributed by atoms with Crippen LogP contribution in [0.2, 0.25) is 0 Å². The van der Waals surface area contributed by atoms with Crippen molar-refractivity contribution in [1.82, 2.24) is 24.2 Å². The van der Waals surface area contributed by atoms with Gasteiger partial charge in [0.2, 0.25) is 0 Å². The number of carbonyl (C=O) groups excluding carboxylic acids is 1. The number of hydrogen-bond donors (Lipinski definition) is 0. The molecule has 6 heteroatoms. The molecule has 1 aliphatic carbocycles. The summed E-state index contributed by atoms with van der Waals surface area (Å²) in [5.74, 6) is 2.81. The lowest BCUT2D eigenvalue weighted by atomic mass is 9.84. The normalized spacial score (nSPS) is 18.7. The van der Waals surface area contributed by atoms with E-state index < -0.39 is 0 Å². The van der Waals surface area contributed by atoms with E-state index in [1.54, 1.807) is 10.9 Å². The molecule has 1 amide bonds. The average molecular weight is 370 g/mol.